The molecule has 0 spiro atoms. The molecule has 0 atom stereocenters. The first kappa shape index (κ1) is 19.3. The second-order valence-corrected chi connectivity index (χ2v) is 5.56. The fourth-order valence-corrected chi connectivity index (χ4v) is 2.13. The van der Waals surface area contributed by atoms with Gasteiger partial charge in [0.15, 0.2) is 0 Å². The van der Waals surface area contributed by atoms with Gasteiger partial charge in [-0.15, -0.1) is 0 Å². The normalized spacial score (nSPS) is 10.3. The van der Waals surface area contributed by atoms with Gasteiger partial charge in [0.1, 0.15) is 5.75 Å². The van der Waals surface area contributed by atoms with E-state index in [0.717, 1.165) is 18.5 Å². The predicted octanol–water partition coefficient (Wildman–Crippen LogP) is 2.10. The van der Waals surface area contributed by atoms with Gasteiger partial charge in [-0.1, -0.05) is 11.6 Å². The van der Waals surface area contributed by atoms with E-state index >= 15 is 0 Å². The first-order valence-electron chi connectivity index (χ1n) is 7.53. The average molecular weight is 342 g/mol. The molecule has 0 aliphatic carbocycles. The van der Waals surface area contributed by atoms with Crippen molar-refractivity contribution in [2.24, 2.45) is 0 Å². The molecule has 0 heterocycles. The molecule has 0 unspecified atom stereocenters. The van der Waals surface area contributed by atoms with Gasteiger partial charge in [-0.3, -0.25) is 9.59 Å². The van der Waals surface area contributed by atoms with Crippen LogP contribution < -0.4 is 20.7 Å². The van der Waals surface area contributed by atoms with Crippen molar-refractivity contribution in [3.05, 3.63) is 22.7 Å². The lowest BCUT2D eigenvalue weighted by Crippen LogP contribution is -2.28. The number of benzene rings is 1. The minimum atomic E-state index is -0.194. The van der Waals surface area contributed by atoms with E-state index in [1.54, 1.807) is 12.1 Å². The number of anilines is 1. The highest BCUT2D eigenvalue weighted by Crippen LogP contribution is 2.30. The molecule has 0 bridgehead atoms. The summed E-state index contributed by atoms with van der Waals surface area (Å²) in [5.41, 5.74) is 1.42. The summed E-state index contributed by atoms with van der Waals surface area (Å²) in [6, 6.07) is 3.42. The molecule has 0 aromatic heterocycles. The van der Waals surface area contributed by atoms with Crippen molar-refractivity contribution >= 4 is 29.1 Å². The number of aryl methyl sites for hydroxylation is 1. The highest BCUT2D eigenvalue weighted by Gasteiger charge is 2.10. The summed E-state index contributed by atoms with van der Waals surface area (Å²) in [4.78, 5) is 23.5. The molecule has 0 aliphatic rings. The summed E-state index contributed by atoms with van der Waals surface area (Å²) >= 11 is 6.03. The number of hydrogen-bond acceptors (Lipinski definition) is 4. The van der Waals surface area contributed by atoms with E-state index in [-0.39, 0.29) is 18.2 Å². The summed E-state index contributed by atoms with van der Waals surface area (Å²) in [7, 11) is 3.36. The molecule has 0 saturated heterocycles. The Morgan fingerprint density at radius 3 is 2.57 bits per heavy atom. The molecule has 1 aromatic carbocycles. The summed E-state index contributed by atoms with van der Waals surface area (Å²) in [5, 5.41) is 9.06. The number of rotatable bonds is 9. The third kappa shape index (κ3) is 6.88. The van der Waals surface area contributed by atoms with Crippen molar-refractivity contribution in [2.75, 3.05) is 32.6 Å². The Kier molecular flexibility index (Phi) is 8.43. The third-order valence-electron chi connectivity index (χ3n) is 3.26. The van der Waals surface area contributed by atoms with Crippen LogP contribution in [-0.2, 0) is 9.59 Å². The Labute approximate surface area is 141 Å². The van der Waals surface area contributed by atoms with Crippen LogP contribution in [0.15, 0.2) is 12.1 Å². The van der Waals surface area contributed by atoms with E-state index in [1.807, 2.05) is 14.0 Å². The Morgan fingerprint density at radius 2 is 1.91 bits per heavy atom. The van der Waals surface area contributed by atoms with Crippen LogP contribution >= 0.6 is 11.6 Å². The lowest BCUT2D eigenvalue weighted by molar-refractivity contribution is -0.121. The molecule has 0 saturated carbocycles. The zero-order valence-corrected chi connectivity index (χ0v) is 14.5. The van der Waals surface area contributed by atoms with Gasteiger partial charge in [-0.05, 0) is 38.6 Å². The molecule has 0 aliphatic heterocycles. The molecule has 3 N–H and O–H groups in total. The number of nitrogens with one attached hydrogen (secondary N) is 3. The van der Waals surface area contributed by atoms with Crippen molar-refractivity contribution in [1.82, 2.24) is 10.6 Å². The minimum Gasteiger partial charge on any atom is -0.495 e. The van der Waals surface area contributed by atoms with E-state index in [0.29, 0.717) is 29.4 Å². The van der Waals surface area contributed by atoms with Crippen molar-refractivity contribution < 1.29 is 14.3 Å². The smallest absolute Gasteiger partial charge is 0.226 e. The highest BCUT2D eigenvalue weighted by atomic mass is 35.5. The topological polar surface area (TPSA) is 79.5 Å². The van der Waals surface area contributed by atoms with E-state index < -0.39 is 0 Å². The molecule has 0 radical (unpaired) electrons. The Balaban J connectivity index is 2.42. The van der Waals surface area contributed by atoms with Crippen LogP contribution in [0.2, 0.25) is 5.02 Å². The molecule has 1 rings (SSSR count). The Morgan fingerprint density at radius 1 is 1.17 bits per heavy atom. The van der Waals surface area contributed by atoms with Crippen LogP contribution in [0.25, 0.3) is 0 Å². The zero-order valence-electron chi connectivity index (χ0n) is 13.8. The van der Waals surface area contributed by atoms with Crippen LogP contribution in [0.1, 0.15) is 24.8 Å². The van der Waals surface area contributed by atoms with Gasteiger partial charge in [0.25, 0.3) is 0 Å². The van der Waals surface area contributed by atoms with Gasteiger partial charge in [-0.2, -0.15) is 0 Å². The quantitative estimate of drug-likeness (QED) is 0.601. The van der Waals surface area contributed by atoms with Crippen LogP contribution in [-0.4, -0.2) is 39.1 Å². The fourth-order valence-electron chi connectivity index (χ4n) is 1.97. The number of methoxy groups -OCH3 is 1. The van der Waals surface area contributed by atoms with Gasteiger partial charge < -0.3 is 20.7 Å². The molecule has 1 aromatic rings. The maximum Gasteiger partial charge on any atom is 0.226 e. The maximum atomic E-state index is 12.0. The standard InChI is InChI=1S/C16H24ClN3O3/c1-11-9-13(14(23-3)10-12(11)17)20-16(22)6-8-19-15(21)5-4-7-18-2/h9-10,18H,4-8H2,1-3H3,(H,19,21)(H,20,22). The Bertz CT molecular complexity index is 550. The van der Waals surface area contributed by atoms with Gasteiger partial charge in [-0.25, -0.2) is 0 Å². The zero-order chi connectivity index (χ0) is 17.2. The number of hydrogen-bond donors (Lipinski definition) is 3. The first-order chi connectivity index (χ1) is 11.0. The number of amides is 2. The summed E-state index contributed by atoms with van der Waals surface area (Å²) < 4.78 is 5.20. The van der Waals surface area contributed by atoms with Gasteiger partial charge in [0.05, 0.1) is 12.8 Å². The van der Waals surface area contributed by atoms with Gasteiger partial charge >= 0.3 is 0 Å². The molecule has 6 nitrogen and oxygen atoms in total. The van der Waals surface area contributed by atoms with Crippen molar-refractivity contribution in [1.29, 1.82) is 0 Å². The molecule has 2 amide bonds. The maximum absolute atomic E-state index is 12.0. The lowest BCUT2D eigenvalue weighted by Gasteiger charge is -2.12. The van der Waals surface area contributed by atoms with E-state index in [2.05, 4.69) is 16.0 Å². The number of ether oxygens (including phenoxy) is 1. The highest BCUT2D eigenvalue weighted by molar-refractivity contribution is 6.31. The third-order valence-corrected chi connectivity index (χ3v) is 3.67. The summed E-state index contributed by atoms with van der Waals surface area (Å²) in [6.07, 6.45) is 1.42. The molecule has 23 heavy (non-hydrogen) atoms. The number of carbonyl (C=O) groups is 2. The second kappa shape index (κ2) is 10.1. The fraction of sp³-hybridized carbons (Fsp3) is 0.500. The van der Waals surface area contributed by atoms with Crippen LogP contribution in [0.4, 0.5) is 5.69 Å². The predicted molar refractivity (Wildman–Crippen MR) is 92.2 cm³/mol. The molecule has 128 valence electrons. The molecule has 7 heteroatoms. The molecule has 0 fully saturated rings. The minimum absolute atomic E-state index is 0.0482. The molecular formula is C16H24ClN3O3. The lowest BCUT2D eigenvalue weighted by atomic mass is 10.2. The van der Waals surface area contributed by atoms with Crippen LogP contribution in [0, 0.1) is 6.92 Å². The monoisotopic (exact) mass is 341 g/mol. The van der Waals surface area contributed by atoms with E-state index in [9.17, 15) is 9.59 Å². The molecular weight excluding hydrogens is 318 g/mol. The Hall–Kier alpha value is -1.79. The van der Waals surface area contributed by atoms with Gasteiger partial charge in [0.2, 0.25) is 11.8 Å². The number of carbonyl (C=O) groups excluding carboxylic acids is 2. The first-order valence-corrected chi connectivity index (χ1v) is 7.91. The van der Waals surface area contributed by atoms with E-state index in [1.165, 1.54) is 7.11 Å². The summed E-state index contributed by atoms with van der Waals surface area (Å²) in [6.45, 7) is 2.95. The van der Waals surface area contributed by atoms with Crippen molar-refractivity contribution in [2.45, 2.75) is 26.2 Å². The average Bonchev–Trinajstić information content (AvgIpc) is 2.51. The van der Waals surface area contributed by atoms with Crippen molar-refractivity contribution in [3.8, 4) is 5.75 Å². The van der Waals surface area contributed by atoms with Gasteiger partial charge in [0, 0.05) is 30.5 Å². The van der Waals surface area contributed by atoms with Crippen LogP contribution in [0.5, 0.6) is 5.75 Å². The van der Waals surface area contributed by atoms with Crippen molar-refractivity contribution in [3.63, 3.8) is 0 Å². The SMILES string of the molecule is CNCCCC(=O)NCCC(=O)Nc1cc(C)c(Cl)cc1OC. The van der Waals surface area contributed by atoms with Crippen LogP contribution in [0.3, 0.4) is 0 Å². The second-order valence-electron chi connectivity index (χ2n) is 5.16. The van der Waals surface area contributed by atoms with E-state index in [4.69, 9.17) is 16.3 Å². The number of halogens is 1. The summed E-state index contributed by atoms with van der Waals surface area (Å²) in [5.74, 6) is 0.263. The largest absolute Gasteiger partial charge is 0.495 e.